The zero-order valence-electron chi connectivity index (χ0n) is 14.5. The molecule has 0 spiro atoms. The Hall–Kier alpha value is -1.68. The van der Waals surface area contributed by atoms with Crippen LogP contribution in [0, 0.1) is 0 Å². The quantitative estimate of drug-likeness (QED) is 0.394. The molecular weight excluding hydrogens is 429 g/mol. The second-order valence-corrected chi connectivity index (χ2v) is 6.01. The third-order valence-electron chi connectivity index (χ3n) is 4.48. The molecular formula is C17H26IN7. The molecule has 0 radical (unpaired) electrons. The molecule has 0 aliphatic carbocycles. The van der Waals surface area contributed by atoms with E-state index in [4.69, 9.17) is 5.73 Å². The van der Waals surface area contributed by atoms with Gasteiger partial charge in [-0.1, -0.05) is 19.1 Å². The lowest BCUT2D eigenvalue weighted by Gasteiger charge is -2.23. The van der Waals surface area contributed by atoms with Gasteiger partial charge in [0.2, 0.25) is 0 Å². The van der Waals surface area contributed by atoms with Gasteiger partial charge < -0.3 is 11.1 Å². The molecule has 1 aromatic carbocycles. The summed E-state index contributed by atoms with van der Waals surface area (Å²) in [6.07, 6.45) is 5.71. The van der Waals surface area contributed by atoms with Crippen molar-refractivity contribution in [2.75, 3.05) is 19.6 Å². The highest BCUT2D eigenvalue weighted by atomic mass is 127. The van der Waals surface area contributed by atoms with E-state index in [1.54, 1.807) is 11.0 Å². The van der Waals surface area contributed by atoms with Crippen molar-refractivity contribution in [1.82, 2.24) is 25.0 Å². The number of aliphatic imine (C=N–C) groups is 1. The summed E-state index contributed by atoms with van der Waals surface area (Å²) in [7, 11) is 0. The Bertz CT molecular complexity index is 654. The number of hydrogen-bond acceptors (Lipinski definition) is 4. The van der Waals surface area contributed by atoms with Crippen LogP contribution in [0.4, 0.5) is 0 Å². The molecule has 1 aliphatic heterocycles. The number of halogens is 1. The van der Waals surface area contributed by atoms with Crippen molar-refractivity contribution in [2.24, 2.45) is 10.7 Å². The Morgan fingerprint density at radius 3 is 2.84 bits per heavy atom. The molecule has 1 aromatic heterocycles. The predicted octanol–water partition coefficient (Wildman–Crippen LogP) is 1.77. The fourth-order valence-corrected chi connectivity index (χ4v) is 3.09. The molecule has 0 bridgehead atoms. The number of guanidine groups is 1. The smallest absolute Gasteiger partial charge is 0.188 e. The van der Waals surface area contributed by atoms with E-state index in [-0.39, 0.29) is 24.0 Å². The minimum absolute atomic E-state index is 0. The Labute approximate surface area is 165 Å². The number of likely N-dealkylation sites (N-methyl/N-ethyl adjacent to an activating group) is 1. The highest BCUT2D eigenvalue weighted by Gasteiger charge is 2.22. The van der Waals surface area contributed by atoms with E-state index in [1.807, 2.05) is 24.3 Å². The minimum Gasteiger partial charge on any atom is -0.370 e. The van der Waals surface area contributed by atoms with Gasteiger partial charge in [-0.15, -0.1) is 24.0 Å². The first-order chi connectivity index (χ1) is 11.8. The number of nitrogens with zero attached hydrogens (tertiary/aromatic N) is 5. The maximum absolute atomic E-state index is 5.99. The third-order valence-corrected chi connectivity index (χ3v) is 4.48. The van der Waals surface area contributed by atoms with Crippen LogP contribution in [-0.2, 0) is 6.54 Å². The van der Waals surface area contributed by atoms with Gasteiger partial charge >= 0.3 is 0 Å². The molecule has 1 saturated heterocycles. The van der Waals surface area contributed by atoms with E-state index >= 15 is 0 Å². The van der Waals surface area contributed by atoms with E-state index in [9.17, 15) is 0 Å². The van der Waals surface area contributed by atoms with E-state index in [1.165, 1.54) is 25.7 Å². The summed E-state index contributed by atoms with van der Waals surface area (Å²) in [5.41, 5.74) is 8.08. The summed E-state index contributed by atoms with van der Waals surface area (Å²) in [5, 5.41) is 7.37. The summed E-state index contributed by atoms with van der Waals surface area (Å²) in [6, 6.07) is 8.64. The topological polar surface area (TPSA) is 84.4 Å². The van der Waals surface area contributed by atoms with Crippen molar-refractivity contribution < 1.29 is 0 Å². The predicted molar refractivity (Wildman–Crippen MR) is 110 cm³/mol. The van der Waals surface area contributed by atoms with Crippen LogP contribution in [0.5, 0.6) is 0 Å². The van der Waals surface area contributed by atoms with E-state index in [0.717, 1.165) is 24.3 Å². The van der Waals surface area contributed by atoms with Crippen molar-refractivity contribution in [3.63, 3.8) is 0 Å². The molecule has 1 aliphatic rings. The van der Waals surface area contributed by atoms with Crippen LogP contribution >= 0.6 is 24.0 Å². The average Bonchev–Trinajstić information content (AvgIpc) is 3.29. The fourth-order valence-electron chi connectivity index (χ4n) is 3.09. The van der Waals surface area contributed by atoms with E-state index < -0.39 is 0 Å². The molecule has 136 valence electrons. The first-order valence-electron chi connectivity index (χ1n) is 8.48. The van der Waals surface area contributed by atoms with Gasteiger partial charge in [-0.25, -0.2) is 14.7 Å². The van der Waals surface area contributed by atoms with Crippen molar-refractivity contribution in [3.05, 3.63) is 42.5 Å². The van der Waals surface area contributed by atoms with Crippen LogP contribution in [-0.4, -0.2) is 51.3 Å². The molecule has 7 nitrogen and oxygen atoms in total. The Morgan fingerprint density at radius 1 is 1.36 bits per heavy atom. The lowest BCUT2D eigenvalue weighted by Crippen LogP contribution is -2.42. The molecule has 0 amide bonds. The number of aromatic nitrogens is 3. The lowest BCUT2D eigenvalue weighted by atomic mass is 10.2. The second kappa shape index (κ2) is 9.71. The Balaban J connectivity index is 0.00000225. The van der Waals surface area contributed by atoms with Gasteiger partial charge in [0, 0.05) is 12.6 Å². The highest BCUT2D eigenvalue weighted by Crippen LogP contribution is 2.15. The van der Waals surface area contributed by atoms with Gasteiger partial charge in [0.05, 0.1) is 12.2 Å². The van der Waals surface area contributed by atoms with Crippen LogP contribution < -0.4 is 11.1 Å². The second-order valence-electron chi connectivity index (χ2n) is 6.01. The first kappa shape index (κ1) is 19.6. The van der Waals surface area contributed by atoms with Crippen molar-refractivity contribution in [1.29, 1.82) is 0 Å². The molecule has 1 fully saturated rings. The summed E-state index contributed by atoms with van der Waals surface area (Å²) >= 11 is 0. The van der Waals surface area contributed by atoms with Crippen molar-refractivity contribution in [3.8, 4) is 5.69 Å². The first-order valence-corrected chi connectivity index (χ1v) is 8.48. The average molecular weight is 455 g/mol. The van der Waals surface area contributed by atoms with Crippen molar-refractivity contribution in [2.45, 2.75) is 32.4 Å². The number of benzene rings is 1. The molecule has 25 heavy (non-hydrogen) atoms. The Morgan fingerprint density at radius 2 is 2.16 bits per heavy atom. The standard InChI is InChI=1S/C17H25N7.HI/c1-2-23-9-3-4-16(23)11-21-17(18)20-10-14-5-7-15(8-6-14)24-13-19-12-22-24;/h5-8,12-13,16H,2-4,9-11H2,1H3,(H3,18,20,21);1H. The molecule has 1 unspecified atom stereocenters. The molecule has 2 aromatic rings. The molecule has 8 heteroatoms. The largest absolute Gasteiger partial charge is 0.370 e. The molecule has 1 atom stereocenters. The van der Waals surface area contributed by atoms with Crippen LogP contribution in [0.2, 0.25) is 0 Å². The maximum atomic E-state index is 5.99. The summed E-state index contributed by atoms with van der Waals surface area (Å²) in [4.78, 5) is 10.9. The number of rotatable bonds is 6. The summed E-state index contributed by atoms with van der Waals surface area (Å²) in [5.74, 6) is 0.512. The van der Waals surface area contributed by atoms with E-state index in [2.05, 4.69) is 32.2 Å². The van der Waals surface area contributed by atoms with Crippen LogP contribution in [0.3, 0.4) is 0 Å². The summed E-state index contributed by atoms with van der Waals surface area (Å²) in [6.45, 7) is 5.94. The zero-order chi connectivity index (χ0) is 16.8. The lowest BCUT2D eigenvalue weighted by molar-refractivity contribution is 0.267. The SMILES string of the molecule is CCN1CCCC1CNC(N)=NCc1ccc(-n2cncn2)cc1.I. The van der Waals surface area contributed by atoms with Crippen LogP contribution in [0.15, 0.2) is 41.9 Å². The number of likely N-dealkylation sites (tertiary alicyclic amines) is 1. The van der Waals surface area contributed by atoms with Gasteiger partial charge in [-0.05, 0) is 43.6 Å². The minimum atomic E-state index is 0. The van der Waals surface area contributed by atoms with Gasteiger partial charge in [0.1, 0.15) is 12.7 Å². The molecule has 2 heterocycles. The van der Waals surface area contributed by atoms with Gasteiger partial charge in [0.15, 0.2) is 5.96 Å². The number of hydrogen-bond donors (Lipinski definition) is 2. The Kier molecular flexibility index (Phi) is 7.63. The van der Waals surface area contributed by atoms with E-state index in [0.29, 0.717) is 18.5 Å². The van der Waals surface area contributed by atoms with Crippen LogP contribution in [0.1, 0.15) is 25.3 Å². The molecule has 0 saturated carbocycles. The van der Waals surface area contributed by atoms with Gasteiger partial charge in [-0.3, -0.25) is 4.90 Å². The molecule has 3 N–H and O–H groups in total. The maximum Gasteiger partial charge on any atom is 0.188 e. The third kappa shape index (κ3) is 5.40. The van der Waals surface area contributed by atoms with Gasteiger partial charge in [-0.2, -0.15) is 5.10 Å². The normalized spacial score (nSPS) is 18.1. The van der Waals surface area contributed by atoms with Crippen LogP contribution in [0.25, 0.3) is 5.69 Å². The highest BCUT2D eigenvalue weighted by molar-refractivity contribution is 14.0. The summed E-state index contributed by atoms with van der Waals surface area (Å²) < 4.78 is 1.73. The zero-order valence-corrected chi connectivity index (χ0v) is 16.8. The number of nitrogens with one attached hydrogen (secondary N) is 1. The monoisotopic (exact) mass is 455 g/mol. The molecule has 3 rings (SSSR count). The van der Waals surface area contributed by atoms with Crippen molar-refractivity contribution >= 4 is 29.9 Å². The van der Waals surface area contributed by atoms with Gasteiger partial charge in [0.25, 0.3) is 0 Å². The fraction of sp³-hybridized carbons (Fsp3) is 0.471. The number of nitrogens with two attached hydrogens (primary N) is 1.